The monoisotopic (exact) mass is 576 g/mol. The van der Waals surface area contributed by atoms with Crippen LogP contribution in [0.5, 0.6) is 5.75 Å². The van der Waals surface area contributed by atoms with Gasteiger partial charge in [0.05, 0.1) is 0 Å². The lowest BCUT2D eigenvalue weighted by Gasteiger charge is -2.39. The Morgan fingerprint density at radius 3 is 1.73 bits per heavy atom. The molecule has 2 aliphatic rings. The summed E-state index contributed by atoms with van der Waals surface area (Å²) in [6.07, 6.45) is 4.67. The molecule has 1 aliphatic heterocycles. The van der Waals surface area contributed by atoms with Crippen LogP contribution < -0.4 is 4.74 Å². The molecule has 0 bridgehead atoms. The minimum atomic E-state index is -0.761. The number of ether oxygens (including phenoxy) is 1. The van der Waals surface area contributed by atoms with Gasteiger partial charge in [0.2, 0.25) is 0 Å². The van der Waals surface area contributed by atoms with Crippen LogP contribution in [0, 0.1) is 6.92 Å². The van der Waals surface area contributed by atoms with Gasteiger partial charge in [0.1, 0.15) is 5.75 Å². The first-order chi connectivity index (χ1) is 20.7. The van der Waals surface area contributed by atoms with E-state index in [1.54, 1.807) is 0 Å². The molecule has 5 aromatic rings. The predicted molar refractivity (Wildman–Crippen MR) is 187 cm³/mol. The quantitative estimate of drug-likeness (QED) is 0.203. The van der Waals surface area contributed by atoms with Gasteiger partial charge in [-0.1, -0.05) is 158 Å². The Kier molecular flexibility index (Phi) is 6.15. The molecule has 0 unspecified atom stereocenters. The van der Waals surface area contributed by atoms with Gasteiger partial charge >= 0.3 is 0 Å². The molecule has 0 fully saturated rings. The summed E-state index contributed by atoms with van der Waals surface area (Å²) in [6.45, 7) is 20.5. The molecule has 0 atom stereocenters. The van der Waals surface area contributed by atoms with Crippen molar-refractivity contribution in [3.8, 4) is 16.9 Å². The van der Waals surface area contributed by atoms with Crippen molar-refractivity contribution < 1.29 is 4.74 Å². The molecule has 0 aromatic heterocycles. The first-order valence-electron chi connectivity index (χ1n) is 16.0. The Hall–Kier alpha value is -4.10. The third kappa shape index (κ3) is 4.20. The SMILES string of the molecule is Cc1ccc2c(c1)C(C)(C)c1c3c(c4ccccc4c1-2)OC(c1ccc(C(C)(C)C)cc1)(c1ccc(C(C)(C)C)cc1)C=C3. The van der Waals surface area contributed by atoms with Crippen molar-refractivity contribution >= 4 is 16.8 Å². The zero-order valence-electron chi connectivity index (χ0n) is 27.7. The van der Waals surface area contributed by atoms with Crippen molar-refractivity contribution in [2.24, 2.45) is 0 Å². The summed E-state index contributed by atoms with van der Waals surface area (Å²) < 4.78 is 7.51. The smallest absolute Gasteiger partial charge is 0.178 e. The molecule has 1 heterocycles. The molecule has 1 aliphatic carbocycles. The van der Waals surface area contributed by atoms with Gasteiger partial charge in [0, 0.05) is 27.5 Å². The van der Waals surface area contributed by atoms with E-state index >= 15 is 0 Å². The molecule has 0 saturated carbocycles. The van der Waals surface area contributed by atoms with Crippen molar-refractivity contribution in [3.63, 3.8) is 0 Å². The molecule has 222 valence electrons. The normalized spacial score (nSPS) is 16.3. The van der Waals surface area contributed by atoms with Gasteiger partial charge in [-0.25, -0.2) is 0 Å². The highest BCUT2D eigenvalue weighted by atomic mass is 16.5. The highest BCUT2D eigenvalue weighted by Crippen LogP contribution is 2.58. The first kappa shape index (κ1) is 28.7. The van der Waals surface area contributed by atoms with Crippen LogP contribution in [0.4, 0.5) is 0 Å². The second kappa shape index (κ2) is 9.45. The third-order valence-corrected chi connectivity index (χ3v) is 10.1. The van der Waals surface area contributed by atoms with E-state index in [1.165, 1.54) is 49.9 Å². The Morgan fingerprint density at radius 1 is 0.636 bits per heavy atom. The lowest BCUT2D eigenvalue weighted by molar-refractivity contribution is 0.163. The van der Waals surface area contributed by atoms with Crippen LogP contribution in [-0.4, -0.2) is 0 Å². The van der Waals surface area contributed by atoms with E-state index in [-0.39, 0.29) is 16.2 Å². The fraction of sp³-hybridized carbons (Fsp3) is 0.302. The van der Waals surface area contributed by atoms with Crippen LogP contribution in [-0.2, 0) is 21.8 Å². The van der Waals surface area contributed by atoms with E-state index in [2.05, 4.69) is 165 Å². The summed E-state index contributed by atoms with van der Waals surface area (Å²) in [5.41, 5.74) is 12.1. The van der Waals surface area contributed by atoms with Gasteiger partial charge in [0.25, 0.3) is 0 Å². The maximum atomic E-state index is 7.51. The summed E-state index contributed by atoms with van der Waals surface area (Å²) in [4.78, 5) is 0. The Morgan fingerprint density at radius 2 is 1.18 bits per heavy atom. The van der Waals surface area contributed by atoms with Gasteiger partial charge in [-0.05, 0) is 62.6 Å². The van der Waals surface area contributed by atoms with Crippen molar-refractivity contribution in [2.75, 3.05) is 0 Å². The molecule has 0 saturated heterocycles. The van der Waals surface area contributed by atoms with Gasteiger partial charge in [0.15, 0.2) is 5.60 Å². The zero-order chi connectivity index (χ0) is 31.2. The summed E-state index contributed by atoms with van der Waals surface area (Å²) >= 11 is 0. The van der Waals surface area contributed by atoms with Crippen molar-refractivity contribution in [2.45, 2.75) is 84.2 Å². The van der Waals surface area contributed by atoms with Crippen molar-refractivity contribution in [1.29, 1.82) is 0 Å². The fourth-order valence-corrected chi connectivity index (χ4v) is 7.46. The zero-order valence-corrected chi connectivity index (χ0v) is 27.7. The molecule has 44 heavy (non-hydrogen) atoms. The molecule has 0 spiro atoms. The molecular formula is C43H44O. The van der Waals surface area contributed by atoms with Gasteiger partial charge in [-0.15, -0.1) is 0 Å². The number of rotatable bonds is 2. The fourth-order valence-electron chi connectivity index (χ4n) is 7.46. The Labute approximate surface area is 263 Å². The number of aryl methyl sites for hydroxylation is 1. The van der Waals surface area contributed by atoms with Crippen molar-refractivity contribution in [3.05, 3.63) is 142 Å². The third-order valence-electron chi connectivity index (χ3n) is 10.1. The Balaban J connectivity index is 1.50. The van der Waals surface area contributed by atoms with E-state index in [4.69, 9.17) is 4.74 Å². The van der Waals surface area contributed by atoms with E-state index in [1.807, 2.05) is 0 Å². The number of benzene rings is 5. The first-order valence-corrected chi connectivity index (χ1v) is 16.0. The largest absolute Gasteiger partial charge is 0.472 e. The van der Waals surface area contributed by atoms with Gasteiger partial charge < -0.3 is 4.74 Å². The van der Waals surface area contributed by atoms with E-state index in [0.29, 0.717) is 0 Å². The minimum absolute atomic E-state index is 0.0750. The predicted octanol–water partition coefficient (Wildman–Crippen LogP) is 11.4. The summed E-state index contributed by atoms with van der Waals surface area (Å²) in [5.74, 6) is 0.972. The molecule has 1 nitrogen and oxygen atoms in total. The highest BCUT2D eigenvalue weighted by molar-refractivity contribution is 6.08. The topological polar surface area (TPSA) is 9.23 Å². The summed E-state index contributed by atoms with van der Waals surface area (Å²) in [5, 5.41) is 2.42. The maximum absolute atomic E-state index is 7.51. The average Bonchev–Trinajstić information content (AvgIpc) is 3.22. The standard InChI is InChI=1S/C43H44O/c1-27-14-23-34-36(26-27)42(8,9)38-35-24-25-43(30-19-15-28(16-20-30)40(2,3)4,31-21-17-29(18-22-31)41(5,6)7)44-39(35)33-13-11-10-12-32(33)37(34)38/h10-26H,1-9H3. The van der Waals surface area contributed by atoms with Gasteiger partial charge in [-0.2, -0.15) is 0 Å². The second-order valence-electron chi connectivity index (χ2n) is 15.5. The second-order valence-corrected chi connectivity index (χ2v) is 15.5. The average molecular weight is 577 g/mol. The molecule has 7 rings (SSSR count). The van der Waals surface area contributed by atoms with Gasteiger partial charge in [-0.3, -0.25) is 0 Å². The van der Waals surface area contributed by atoms with Crippen LogP contribution in [0.1, 0.15) is 99.9 Å². The lowest BCUT2D eigenvalue weighted by atomic mass is 9.76. The molecule has 5 aromatic carbocycles. The summed E-state index contributed by atoms with van der Waals surface area (Å²) in [7, 11) is 0. The number of hydrogen-bond donors (Lipinski definition) is 0. The summed E-state index contributed by atoms with van der Waals surface area (Å²) in [6, 6.07) is 33.9. The molecular weight excluding hydrogens is 532 g/mol. The van der Waals surface area contributed by atoms with Crippen LogP contribution in [0.25, 0.3) is 28.0 Å². The number of fused-ring (bicyclic) bond motifs is 8. The molecule has 1 heteroatoms. The van der Waals surface area contributed by atoms with E-state index in [9.17, 15) is 0 Å². The van der Waals surface area contributed by atoms with E-state index in [0.717, 1.165) is 22.3 Å². The van der Waals surface area contributed by atoms with E-state index < -0.39 is 5.60 Å². The van der Waals surface area contributed by atoms with Crippen LogP contribution >= 0.6 is 0 Å². The van der Waals surface area contributed by atoms with Crippen LogP contribution in [0.15, 0.2) is 97.1 Å². The molecule has 0 radical (unpaired) electrons. The Bertz CT molecular complexity index is 1890. The lowest BCUT2D eigenvalue weighted by Crippen LogP contribution is -2.35. The highest BCUT2D eigenvalue weighted by Gasteiger charge is 2.44. The molecule has 0 N–H and O–H groups in total. The molecule has 0 amide bonds. The van der Waals surface area contributed by atoms with Crippen molar-refractivity contribution in [1.82, 2.24) is 0 Å². The minimum Gasteiger partial charge on any atom is -0.472 e. The van der Waals surface area contributed by atoms with Crippen LogP contribution in [0.2, 0.25) is 0 Å². The maximum Gasteiger partial charge on any atom is 0.178 e. The van der Waals surface area contributed by atoms with Crippen LogP contribution in [0.3, 0.4) is 0 Å². The number of hydrogen-bond acceptors (Lipinski definition) is 1.